The van der Waals surface area contributed by atoms with Crippen molar-refractivity contribution >= 4 is 22.4 Å². The molecule has 3 aromatic rings. The van der Waals surface area contributed by atoms with Gasteiger partial charge in [0.05, 0.1) is 18.8 Å². The van der Waals surface area contributed by atoms with Crippen LogP contribution >= 0.6 is 0 Å². The van der Waals surface area contributed by atoms with Gasteiger partial charge in [-0.2, -0.15) is 5.26 Å². The molecule has 0 aliphatic carbocycles. The Morgan fingerprint density at radius 2 is 1.88 bits per heavy atom. The molecule has 0 unspecified atom stereocenters. The predicted molar refractivity (Wildman–Crippen MR) is 105 cm³/mol. The zero-order valence-electron chi connectivity index (χ0n) is 14.4. The fourth-order valence-corrected chi connectivity index (χ4v) is 2.81. The standard InChI is InChI=1S/C23H17NO2/c1-3-13-26-22-12-11-17(15-23(22)25-2)14-19(16-24)21-10-6-8-18-7-4-5-9-20(18)21/h1,4-12,14-15H,13H2,2H3/b19-14+. The van der Waals surface area contributed by atoms with Gasteiger partial charge in [-0.05, 0) is 34.5 Å². The van der Waals surface area contributed by atoms with Gasteiger partial charge < -0.3 is 9.47 Å². The average molecular weight is 339 g/mol. The van der Waals surface area contributed by atoms with Crippen LogP contribution in [-0.2, 0) is 0 Å². The second-order valence-electron chi connectivity index (χ2n) is 5.60. The molecule has 3 nitrogen and oxygen atoms in total. The van der Waals surface area contributed by atoms with Crippen LogP contribution in [0.1, 0.15) is 11.1 Å². The van der Waals surface area contributed by atoms with Crippen LogP contribution in [0.2, 0.25) is 0 Å². The van der Waals surface area contributed by atoms with Gasteiger partial charge in [-0.3, -0.25) is 0 Å². The number of allylic oxidation sites excluding steroid dienone is 1. The first-order valence-corrected chi connectivity index (χ1v) is 8.11. The zero-order valence-corrected chi connectivity index (χ0v) is 14.4. The minimum Gasteiger partial charge on any atom is -0.493 e. The van der Waals surface area contributed by atoms with Gasteiger partial charge in [-0.1, -0.05) is 54.5 Å². The number of rotatable bonds is 5. The number of ether oxygens (including phenoxy) is 2. The van der Waals surface area contributed by atoms with E-state index in [-0.39, 0.29) is 6.61 Å². The molecule has 0 amide bonds. The summed E-state index contributed by atoms with van der Waals surface area (Å²) in [4.78, 5) is 0. The molecular formula is C23H17NO2. The van der Waals surface area contributed by atoms with Gasteiger partial charge in [0.1, 0.15) is 6.61 Å². The fourth-order valence-electron chi connectivity index (χ4n) is 2.81. The van der Waals surface area contributed by atoms with Crippen LogP contribution in [0, 0.1) is 23.7 Å². The number of hydrogen-bond donors (Lipinski definition) is 0. The second kappa shape index (κ2) is 7.92. The van der Waals surface area contributed by atoms with Crippen LogP contribution in [0.3, 0.4) is 0 Å². The highest BCUT2D eigenvalue weighted by Crippen LogP contribution is 2.31. The Morgan fingerprint density at radius 3 is 2.65 bits per heavy atom. The van der Waals surface area contributed by atoms with Crippen molar-refractivity contribution in [1.29, 1.82) is 5.26 Å². The highest BCUT2D eigenvalue weighted by molar-refractivity contribution is 6.01. The van der Waals surface area contributed by atoms with Crippen molar-refractivity contribution in [2.24, 2.45) is 0 Å². The van der Waals surface area contributed by atoms with E-state index in [4.69, 9.17) is 15.9 Å². The van der Waals surface area contributed by atoms with E-state index in [2.05, 4.69) is 12.0 Å². The quantitative estimate of drug-likeness (QED) is 0.376. The SMILES string of the molecule is C#CCOc1ccc(/C=C(\C#N)c2cccc3ccccc23)cc1OC. The number of benzene rings is 3. The first-order chi connectivity index (χ1) is 12.8. The minimum absolute atomic E-state index is 0.172. The van der Waals surface area contributed by atoms with Gasteiger partial charge in [0.15, 0.2) is 11.5 Å². The largest absolute Gasteiger partial charge is 0.493 e. The van der Waals surface area contributed by atoms with Gasteiger partial charge in [0.2, 0.25) is 0 Å². The molecule has 3 rings (SSSR count). The van der Waals surface area contributed by atoms with Crippen molar-refractivity contribution in [3.05, 3.63) is 71.8 Å². The van der Waals surface area contributed by atoms with E-state index in [1.165, 1.54) is 0 Å². The molecule has 0 saturated heterocycles. The molecule has 0 aromatic heterocycles. The Labute approximate surface area is 153 Å². The fraction of sp³-hybridized carbons (Fsp3) is 0.0870. The molecule has 0 fully saturated rings. The maximum Gasteiger partial charge on any atom is 0.162 e. The van der Waals surface area contributed by atoms with Crippen LogP contribution in [0.4, 0.5) is 0 Å². The van der Waals surface area contributed by atoms with E-state index in [0.29, 0.717) is 17.1 Å². The Hall–Kier alpha value is -3.69. The lowest BCUT2D eigenvalue weighted by atomic mass is 9.97. The normalized spacial score (nSPS) is 10.8. The molecule has 0 bridgehead atoms. The summed E-state index contributed by atoms with van der Waals surface area (Å²) in [7, 11) is 1.57. The molecule has 0 saturated carbocycles. The van der Waals surface area contributed by atoms with Crippen molar-refractivity contribution in [2.75, 3.05) is 13.7 Å². The van der Waals surface area contributed by atoms with Crippen molar-refractivity contribution in [3.8, 4) is 29.9 Å². The molecule has 0 aliphatic heterocycles. The molecule has 3 heteroatoms. The Kier molecular flexibility index (Phi) is 5.22. The third-order valence-corrected chi connectivity index (χ3v) is 4.01. The smallest absolute Gasteiger partial charge is 0.162 e. The maximum absolute atomic E-state index is 9.70. The summed E-state index contributed by atoms with van der Waals surface area (Å²) in [6.07, 6.45) is 7.07. The molecular weight excluding hydrogens is 322 g/mol. The van der Waals surface area contributed by atoms with Gasteiger partial charge >= 0.3 is 0 Å². The highest BCUT2D eigenvalue weighted by atomic mass is 16.5. The Morgan fingerprint density at radius 1 is 1.08 bits per heavy atom. The number of fused-ring (bicyclic) bond motifs is 1. The summed E-state index contributed by atoms with van der Waals surface area (Å²) in [6, 6.07) is 21.8. The monoisotopic (exact) mass is 339 g/mol. The van der Waals surface area contributed by atoms with E-state index >= 15 is 0 Å². The lowest BCUT2D eigenvalue weighted by Crippen LogP contribution is -1.96. The highest BCUT2D eigenvalue weighted by Gasteiger charge is 2.08. The summed E-state index contributed by atoms with van der Waals surface area (Å²) in [5.74, 6) is 3.58. The number of terminal acetylenes is 1. The van der Waals surface area contributed by atoms with Crippen molar-refractivity contribution in [1.82, 2.24) is 0 Å². The lowest BCUT2D eigenvalue weighted by molar-refractivity contribution is 0.331. The number of nitriles is 1. The predicted octanol–water partition coefficient (Wildman–Crippen LogP) is 4.92. The molecule has 26 heavy (non-hydrogen) atoms. The van der Waals surface area contributed by atoms with E-state index in [0.717, 1.165) is 21.9 Å². The maximum atomic E-state index is 9.70. The summed E-state index contributed by atoms with van der Waals surface area (Å²) in [5, 5.41) is 11.8. The molecule has 0 spiro atoms. The van der Waals surface area contributed by atoms with Crippen molar-refractivity contribution in [3.63, 3.8) is 0 Å². The minimum atomic E-state index is 0.172. The van der Waals surface area contributed by atoms with Crippen LogP contribution in [0.25, 0.3) is 22.4 Å². The second-order valence-corrected chi connectivity index (χ2v) is 5.60. The molecule has 0 heterocycles. The summed E-state index contributed by atoms with van der Waals surface area (Å²) < 4.78 is 10.8. The Bertz CT molecular complexity index is 1050. The number of hydrogen-bond acceptors (Lipinski definition) is 3. The average Bonchev–Trinajstić information content (AvgIpc) is 2.70. The lowest BCUT2D eigenvalue weighted by Gasteiger charge is -2.10. The Balaban J connectivity index is 2.04. The van der Waals surface area contributed by atoms with Gasteiger partial charge in [-0.15, -0.1) is 6.42 Å². The summed E-state index contributed by atoms with van der Waals surface area (Å²) in [6.45, 7) is 0.172. The van der Waals surface area contributed by atoms with Crippen molar-refractivity contribution in [2.45, 2.75) is 0 Å². The van der Waals surface area contributed by atoms with Crippen molar-refractivity contribution < 1.29 is 9.47 Å². The van der Waals surface area contributed by atoms with Gasteiger partial charge in [-0.25, -0.2) is 0 Å². The molecule has 126 valence electrons. The van der Waals surface area contributed by atoms with E-state index in [1.54, 1.807) is 13.2 Å². The van der Waals surface area contributed by atoms with Crippen LogP contribution in [-0.4, -0.2) is 13.7 Å². The molecule has 3 aromatic carbocycles. The first kappa shape index (κ1) is 17.1. The van der Waals surface area contributed by atoms with E-state index in [1.807, 2.05) is 60.7 Å². The summed E-state index contributed by atoms with van der Waals surface area (Å²) in [5.41, 5.74) is 2.33. The summed E-state index contributed by atoms with van der Waals surface area (Å²) >= 11 is 0. The molecule has 0 N–H and O–H groups in total. The van der Waals surface area contributed by atoms with Gasteiger partial charge in [0, 0.05) is 5.56 Å². The number of methoxy groups -OCH3 is 1. The zero-order chi connectivity index (χ0) is 18.4. The van der Waals surface area contributed by atoms with E-state index in [9.17, 15) is 5.26 Å². The number of nitrogens with zero attached hydrogens (tertiary/aromatic N) is 1. The topological polar surface area (TPSA) is 42.2 Å². The van der Waals surface area contributed by atoms with E-state index < -0.39 is 0 Å². The van der Waals surface area contributed by atoms with Crippen LogP contribution in [0.15, 0.2) is 60.7 Å². The third kappa shape index (κ3) is 3.53. The molecule has 0 aliphatic rings. The first-order valence-electron chi connectivity index (χ1n) is 8.11. The van der Waals surface area contributed by atoms with Crippen LogP contribution in [0.5, 0.6) is 11.5 Å². The molecule has 0 atom stereocenters. The molecule has 0 radical (unpaired) electrons. The van der Waals surface area contributed by atoms with Gasteiger partial charge in [0.25, 0.3) is 0 Å². The third-order valence-electron chi connectivity index (χ3n) is 4.01. The van der Waals surface area contributed by atoms with Crippen LogP contribution < -0.4 is 9.47 Å².